The molecule has 0 saturated carbocycles. The first kappa shape index (κ1) is 13.5. The highest BCUT2D eigenvalue weighted by Gasteiger charge is 2.36. The minimum absolute atomic E-state index is 0.332. The maximum absolute atomic E-state index is 11.5. The molecule has 1 heterocycles. The quantitative estimate of drug-likeness (QED) is 0.729. The van der Waals surface area contributed by atoms with Crippen LogP contribution in [0.3, 0.4) is 0 Å². The van der Waals surface area contributed by atoms with Crippen LogP contribution >= 0.6 is 0 Å². The van der Waals surface area contributed by atoms with Crippen molar-refractivity contribution in [2.45, 2.75) is 45.2 Å². The summed E-state index contributed by atoms with van der Waals surface area (Å²) in [6.45, 7) is 7.80. The summed E-state index contributed by atoms with van der Waals surface area (Å²) in [6.07, 6.45) is 2.40. The summed E-state index contributed by atoms with van der Waals surface area (Å²) < 4.78 is 4.73. The van der Waals surface area contributed by atoms with Gasteiger partial charge in [-0.15, -0.1) is 0 Å². The number of hydrogen-bond donors (Lipinski definition) is 1. The second kappa shape index (κ2) is 5.15. The Bertz CT molecular complexity index is 251. The molecule has 0 aliphatic carbocycles. The fraction of sp³-hybridized carbons (Fsp3) is 0.917. The molecule has 1 rings (SSSR count). The molecule has 2 atom stereocenters. The summed E-state index contributed by atoms with van der Waals surface area (Å²) in [4.78, 5) is 13.8. The summed E-state index contributed by atoms with van der Waals surface area (Å²) in [5.74, 6) is 0.276. The Balaban J connectivity index is 2.62. The van der Waals surface area contributed by atoms with Gasteiger partial charge in [-0.2, -0.15) is 0 Å². The minimum Gasteiger partial charge on any atom is -0.468 e. The van der Waals surface area contributed by atoms with Crippen molar-refractivity contribution in [3.05, 3.63) is 0 Å². The number of rotatable bonds is 4. The number of nitrogens with two attached hydrogens (primary N) is 1. The number of likely N-dealkylation sites (tertiary alicyclic amines) is 1. The predicted octanol–water partition coefficient (Wildman–Crippen LogP) is 0.997. The van der Waals surface area contributed by atoms with Crippen molar-refractivity contribution in [2.75, 3.05) is 20.2 Å². The Morgan fingerprint density at radius 2 is 2.25 bits per heavy atom. The summed E-state index contributed by atoms with van der Waals surface area (Å²) in [5.41, 5.74) is 5.10. The number of carbonyl (C=O) groups excluding carboxylic acids is 1. The molecule has 0 bridgehead atoms. The third-order valence-electron chi connectivity index (χ3n) is 3.37. The lowest BCUT2D eigenvalue weighted by atomic mass is 9.98. The maximum Gasteiger partial charge on any atom is 0.326 e. The van der Waals surface area contributed by atoms with Crippen molar-refractivity contribution in [1.82, 2.24) is 4.90 Å². The Morgan fingerprint density at radius 1 is 1.62 bits per heavy atom. The van der Waals surface area contributed by atoms with E-state index in [1.54, 1.807) is 6.92 Å². The van der Waals surface area contributed by atoms with E-state index in [1.165, 1.54) is 20.0 Å². The van der Waals surface area contributed by atoms with Gasteiger partial charge in [-0.05, 0) is 32.2 Å². The molecule has 1 fully saturated rings. The van der Waals surface area contributed by atoms with Crippen LogP contribution in [0.2, 0.25) is 0 Å². The summed E-state index contributed by atoms with van der Waals surface area (Å²) in [6, 6.07) is 0.549. The van der Waals surface area contributed by atoms with E-state index in [0.29, 0.717) is 18.5 Å². The molecule has 0 aromatic rings. The molecule has 94 valence electrons. The molecule has 2 unspecified atom stereocenters. The second-order valence-corrected chi connectivity index (χ2v) is 5.33. The van der Waals surface area contributed by atoms with Gasteiger partial charge in [0.05, 0.1) is 7.11 Å². The van der Waals surface area contributed by atoms with Crippen LogP contribution in [0.5, 0.6) is 0 Å². The molecule has 16 heavy (non-hydrogen) atoms. The average Bonchev–Trinajstić information content (AvgIpc) is 2.63. The fourth-order valence-electron chi connectivity index (χ4n) is 2.52. The lowest BCUT2D eigenvalue weighted by molar-refractivity contribution is -0.147. The van der Waals surface area contributed by atoms with Crippen LogP contribution in [0.15, 0.2) is 0 Å². The molecule has 0 aromatic heterocycles. The van der Waals surface area contributed by atoms with E-state index in [4.69, 9.17) is 10.5 Å². The van der Waals surface area contributed by atoms with E-state index in [-0.39, 0.29) is 5.97 Å². The van der Waals surface area contributed by atoms with E-state index < -0.39 is 5.54 Å². The molecule has 0 aromatic carbocycles. The first-order valence-electron chi connectivity index (χ1n) is 6.00. The van der Waals surface area contributed by atoms with Crippen LogP contribution < -0.4 is 5.73 Å². The van der Waals surface area contributed by atoms with Crippen molar-refractivity contribution in [3.8, 4) is 0 Å². The average molecular weight is 228 g/mol. The van der Waals surface area contributed by atoms with Crippen molar-refractivity contribution in [2.24, 2.45) is 11.7 Å². The van der Waals surface area contributed by atoms with Gasteiger partial charge in [0.2, 0.25) is 0 Å². The first-order chi connectivity index (χ1) is 7.38. The van der Waals surface area contributed by atoms with Crippen molar-refractivity contribution < 1.29 is 9.53 Å². The first-order valence-corrected chi connectivity index (χ1v) is 6.00. The third kappa shape index (κ3) is 2.95. The van der Waals surface area contributed by atoms with Crippen LogP contribution in [-0.2, 0) is 9.53 Å². The van der Waals surface area contributed by atoms with Gasteiger partial charge in [0.15, 0.2) is 0 Å². The zero-order valence-electron chi connectivity index (χ0n) is 10.8. The molecule has 2 N–H and O–H groups in total. The molecule has 1 saturated heterocycles. The monoisotopic (exact) mass is 228 g/mol. The van der Waals surface area contributed by atoms with E-state index in [2.05, 4.69) is 18.7 Å². The Kier molecular flexibility index (Phi) is 4.33. The minimum atomic E-state index is -0.897. The zero-order chi connectivity index (χ0) is 12.3. The Hall–Kier alpha value is -0.610. The van der Waals surface area contributed by atoms with Crippen LogP contribution in [-0.4, -0.2) is 42.6 Å². The zero-order valence-corrected chi connectivity index (χ0v) is 10.8. The van der Waals surface area contributed by atoms with Crippen LogP contribution in [0.25, 0.3) is 0 Å². The molecule has 4 nitrogen and oxygen atoms in total. The van der Waals surface area contributed by atoms with Gasteiger partial charge in [-0.3, -0.25) is 9.69 Å². The number of carbonyl (C=O) groups is 1. The maximum atomic E-state index is 11.5. The summed E-state index contributed by atoms with van der Waals surface area (Å²) in [7, 11) is 1.39. The van der Waals surface area contributed by atoms with Crippen molar-refractivity contribution >= 4 is 5.97 Å². The van der Waals surface area contributed by atoms with Gasteiger partial charge in [0.25, 0.3) is 0 Å². The normalized spacial score (nSPS) is 25.8. The molecular weight excluding hydrogens is 204 g/mol. The summed E-state index contributed by atoms with van der Waals surface area (Å²) in [5, 5.41) is 0. The molecule has 0 spiro atoms. The number of hydrogen-bond acceptors (Lipinski definition) is 4. The van der Waals surface area contributed by atoms with Crippen LogP contribution in [0.4, 0.5) is 0 Å². The highest BCUT2D eigenvalue weighted by molar-refractivity contribution is 5.80. The molecule has 4 heteroatoms. The number of esters is 1. The highest BCUT2D eigenvalue weighted by Crippen LogP contribution is 2.25. The molecule has 0 amide bonds. The fourth-order valence-corrected chi connectivity index (χ4v) is 2.52. The van der Waals surface area contributed by atoms with Gasteiger partial charge in [-0.25, -0.2) is 0 Å². The molecule has 1 aliphatic rings. The highest BCUT2D eigenvalue weighted by atomic mass is 16.5. The lowest BCUT2D eigenvalue weighted by Crippen LogP contribution is -2.55. The van der Waals surface area contributed by atoms with Crippen molar-refractivity contribution in [1.29, 1.82) is 0 Å². The topological polar surface area (TPSA) is 55.6 Å². The van der Waals surface area contributed by atoms with Crippen LogP contribution in [0.1, 0.15) is 33.6 Å². The largest absolute Gasteiger partial charge is 0.468 e. The van der Waals surface area contributed by atoms with Gasteiger partial charge < -0.3 is 10.5 Å². The standard InChI is InChI=1S/C12H24N2O2/c1-9(2)10-6-5-7-14(10)8-12(3,13)11(15)16-4/h9-10H,5-8,13H2,1-4H3. The number of ether oxygens (including phenoxy) is 1. The summed E-state index contributed by atoms with van der Waals surface area (Å²) >= 11 is 0. The van der Waals surface area contributed by atoms with Crippen molar-refractivity contribution in [3.63, 3.8) is 0 Å². The van der Waals surface area contributed by atoms with E-state index >= 15 is 0 Å². The third-order valence-corrected chi connectivity index (χ3v) is 3.37. The Labute approximate surface area is 98.1 Å². The SMILES string of the molecule is COC(=O)C(C)(N)CN1CCCC1C(C)C. The van der Waals surface area contributed by atoms with Gasteiger partial charge in [0, 0.05) is 12.6 Å². The smallest absolute Gasteiger partial charge is 0.326 e. The lowest BCUT2D eigenvalue weighted by Gasteiger charge is -2.33. The van der Waals surface area contributed by atoms with Crippen LogP contribution in [0, 0.1) is 5.92 Å². The number of nitrogens with zero attached hydrogens (tertiary/aromatic N) is 1. The van der Waals surface area contributed by atoms with Gasteiger partial charge in [-0.1, -0.05) is 13.8 Å². The Morgan fingerprint density at radius 3 is 2.75 bits per heavy atom. The number of methoxy groups -OCH3 is 1. The van der Waals surface area contributed by atoms with E-state index in [0.717, 1.165) is 6.54 Å². The predicted molar refractivity (Wildman–Crippen MR) is 64.0 cm³/mol. The second-order valence-electron chi connectivity index (χ2n) is 5.33. The van der Waals surface area contributed by atoms with Gasteiger partial charge in [0.1, 0.15) is 5.54 Å². The van der Waals surface area contributed by atoms with E-state index in [1.807, 2.05) is 0 Å². The van der Waals surface area contributed by atoms with Gasteiger partial charge >= 0.3 is 5.97 Å². The molecule has 1 aliphatic heterocycles. The molecular formula is C12H24N2O2. The molecule has 0 radical (unpaired) electrons. The van der Waals surface area contributed by atoms with E-state index in [9.17, 15) is 4.79 Å².